The predicted octanol–water partition coefficient (Wildman–Crippen LogP) is 5.75. The number of nitrogens with one attached hydrogen (secondary N) is 1. The molecule has 0 aliphatic heterocycles. The lowest BCUT2D eigenvalue weighted by molar-refractivity contribution is -0.117. The number of carbonyl (C=O) groups is 1. The van der Waals surface area contributed by atoms with Crippen LogP contribution in [0.15, 0.2) is 67.0 Å². The largest absolute Gasteiger partial charge is 0.497 e. The van der Waals surface area contributed by atoms with Gasteiger partial charge in [-0.25, -0.2) is 0 Å². The molecule has 1 aromatic heterocycles. The molecule has 0 spiro atoms. The molecule has 2 rings (SSSR count). The summed E-state index contributed by atoms with van der Waals surface area (Å²) in [4.78, 5) is 16.4. The Morgan fingerprint density at radius 2 is 2.10 bits per heavy atom. The summed E-state index contributed by atoms with van der Waals surface area (Å²) in [5, 5.41) is 3.05. The first-order chi connectivity index (χ1) is 14.6. The number of aromatic nitrogens is 1. The quantitative estimate of drug-likeness (QED) is 0.361. The minimum Gasteiger partial charge on any atom is -0.497 e. The average Bonchev–Trinajstić information content (AvgIpc) is 2.76. The number of rotatable bonds is 12. The molecule has 1 amide bonds. The maximum Gasteiger partial charge on any atom is 0.244 e. The second-order valence-corrected chi connectivity index (χ2v) is 7.55. The van der Waals surface area contributed by atoms with E-state index >= 15 is 0 Å². The fourth-order valence-electron chi connectivity index (χ4n) is 3.29. The van der Waals surface area contributed by atoms with Gasteiger partial charge in [-0.3, -0.25) is 9.78 Å². The number of benzene rings is 1. The van der Waals surface area contributed by atoms with Gasteiger partial charge in [-0.05, 0) is 73.9 Å². The number of carbonyl (C=O) groups excluding carboxylic acids is 1. The SMILES string of the molecule is CCCC/C(=C\C=C\C(=O)NC(C)CCCc1cccnc1)c1cccc(OC)c1. The second-order valence-electron chi connectivity index (χ2n) is 7.55. The Balaban J connectivity index is 1.87. The maximum absolute atomic E-state index is 12.3. The normalized spacial score (nSPS) is 12.7. The summed E-state index contributed by atoms with van der Waals surface area (Å²) in [7, 11) is 1.68. The molecule has 1 N–H and O–H groups in total. The zero-order valence-electron chi connectivity index (χ0n) is 18.4. The fraction of sp³-hybridized carbons (Fsp3) is 0.385. The molecule has 1 atom stereocenters. The third-order valence-corrected chi connectivity index (χ3v) is 5.00. The van der Waals surface area contributed by atoms with E-state index in [4.69, 9.17) is 4.74 Å². The Labute approximate surface area is 181 Å². The third-order valence-electron chi connectivity index (χ3n) is 5.00. The molecule has 1 unspecified atom stereocenters. The number of unbranched alkanes of at least 4 members (excludes halogenated alkanes) is 1. The topological polar surface area (TPSA) is 51.2 Å². The number of nitrogens with zero attached hydrogens (tertiary/aromatic N) is 1. The van der Waals surface area contributed by atoms with Gasteiger partial charge in [0.1, 0.15) is 5.75 Å². The van der Waals surface area contributed by atoms with Gasteiger partial charge in [0.25, 0.3) is 0 Å². The molecule has 0 bridgehead atoms. The van der Waals surface area contributed by atoms with Gasteiger partial charge in [0.15, 0.2) is 0 Å². The summed E-state index contributed by atoms with van der Waals surface area (Å²) in [5.74, 6) is 0.789. The van der Waals surface area contributed by atoms with Crippen molar-refractivity contribution in [2.75, 3.05) is 7.11 Å². The summed E-state index contributed by atoms with van der Waals surface area (Å²) >= 11 is 0. The van der Waals surface area contributed by atoms with Crippen LogP contribution in [0.4, 0.5) is 0 Å². The van der Waals surface area contributed by atoms with Crippen LogP contribution in [0.3, 0.4) is 0 Å². The van der Waals surface area contributed by atoms with Gasteiger partial charge in [0, 0.05) is 24.5 Å². The zero-order chi connectivity index (χ0) is 21.6. The van der Waals surface area contributed by atoms with Crippen molar-refractivity contribution in [3.05, 3.63) is 78.1 Å². The van der Waals surface area contributed by atoms with E-state index in [1.54, 1.807) is 19.4 Å². The molecule has 1 heterocycles. The van der Waals surface area contributed by atoms with Crippen LogP contribution in [0.25, 0.3) is 5.57 Å². The van der Waals surface area contributed by atoms with Crippen LogP contribution in [-0.2, 0) is 11.2 Å². The van der Waals surface area contributed by atoms with E-state index in [1.807, 2.05) is 49.5 Å². The van der Waals surface area contributed by atoms with Crippen LogP contribution in [0.1, 0.15) is 57.1 Å². The molecule has 0 saturated heterocycles. The predicted molar refractivity (Wildman–Crippen MR) is 124 cm³/mol. The molecule has 0 radical (unpaired) electrons. The summed E-state index contributed by atoms with van der Waals surface area (Å²) in [6, 6.07) is 12.3. The lowest BCUT2D eigenvalue weighted by Gasteiger charge is -2.12. The molecule has 4 nitrogen and oxygen atoms in total. The van der Waals surface area contributed by atoms with Crippen LogP contribution in [0.5, 0.6) is 5.75 Å². The molecule has 0 saturated carbocycles. The summed E-state index contributed by atoms with van der Waals surface area (Å²) in [5.41, 5.74) is 3.58. The second kappa shape index (κ2) is 13.4. The summed E-state index contributed by atoms with van der Waals surface area (Å²) in [6.45, 7) is 4.23. The molecular formula is C26H34N2O2. The Kier molecular flexibility index (Phi) is 10.4. The van der Waals surface area contributed by atoms with E-state index in [2.05, 4.69) is 29.4 Å². The minimum atomic E-state index is -0.0550. The van der Waals surface area contributed by atoms with E-state index in [9.17, 15) is 4.79 Å². The highest BCUT2D eigenvalue weighted by atomic mass is 16.5. The zero-order valence-corrected chi connectivity index (χ0v) is 18.4. The number of aryl methyl sites for hydroxylation is 1. The van der Waals surface area contributed by atoms with E-state index in [0.717, 1.165) is 49.8 Å². The van der Waals surface area contributed by atoms with Crippen molar-refractivity contribution in [2.24, 2.45) is 0 Å². The first kappa shape index (κ1) is 23.4. The molecule has 160 valence electrons. The number of hydrogen-bond acceptors (Lipinski definition) is 3. The van der Waals surface area contributed by atoms with Crippen molar-refractivity contribution in [3.8, 4) is 5.75 Å². The number of methoxy groups -OCH3 is 1. The Morgan fingerprint density at radius 3 is 2.83 bits per heavy atom. The molecule has 4 heteroatoms. The van der Waals surface area contributed by atoms with Crippen molar-refractivity contribution in [3.63, 3.8) is 0 Å². The Bertz CT molecular complexity index is 828. The maximum atomic E-state index is 12.3. The van der Waals surface area contributed by atoms with Crippen molar-refractivity contribution in [1.29, 1.82) is 0 Å². The highest BCUT2D eigenvalue weighted by Gasteiger charge is 2.05. The highest BCUT2D eigenvalue weighted by molar-refractivity contribution is 5.88. The molecule has 0 fully saturated rings. The lowest BCUT2D eigenvalue weighted by Crippen LogP contribution is -2.31. The first-order valence-electron chi connectivity index (χ1n) is 10.8. The number of allylic oxidation sites excluding steroid dienone is 3. The number of ether oxygens (including phenoxy) is 1. The third kappa shape index (κ3) is 8.64. The molecule has 2 aromatic rings. The van der Waals surface area contributed by atoms with Gasteiger partial charge < -0.3 is 10.1 Å². The van der Waals surface area contributed by atoms with Crippen LogP contribution >= 0.6 is 0 Å². The molecule has 1 aromatic carbocycles. The Morgan fingerprint density at radius 1 is 1.23 bits per heavy atom. The summed E-state index contributed by atoms with van der Waals surface area (Å²) in [6.07, 6.45) is 15.3. The number of amides is 1. The summed E-state index contributed by atoms with van der Waals surface area (Å²) < 4.78 is 5.34. The van der Waals surface area contributed by atoms with E-state index in [0.29, 0.717) is 0 Å². The fourth-order valence-corrected chi connectivity index (χ4v) is 3.29. The first-order valence-corrected chi connectivity index (χ1v) is 10.8. The van der Waals surface area contributed by atoms with Crippen molar-refractivity contribution in [2.45, 2.75) is 58.4 Å². The average molecular weight is 407 g/mol. The van der Waals surface area contributed by atoms with Crippen LogP contribution < -0.4 is 10.1 Å². The van der Waals surface area contributed by atoms with Crippen LogP contribution in [0, 0.1) is 0 Å². The van der Waals surface area contributed by atoms with Gasteiger partial charge in [0.05, 0.1) is 7.11 Å². The molecular weight excluding hydrogens is 372 g/mol. The smallest absolute Gasteiger partial charge is 0.244 e. The van der Waals surface area contributed by atoms with Gasteiger partial charge >= 0.3 is 0 Å². The van der Waals surface area contributed by atoms with E-state index in [-0.39, 0.29) is 11.9 Å². The monoisotopic (exact) mass is 406 g/mol. The molecule has 30 heavy (non-hydrogen) atoms. The Hall–Kier alpha value is -2.88. The molecule has 0 aliphatic rings. The standard InChI is InChI=1S/C26H34N2O2/c1-4-5-13-23(24-15-7-16-25(19-24)30-3)14-8-17-26(29)28-21(2)10-6-11-22-12-9-18-27-20-22/h7-9,12,14-21H,4-6,10-11,13H2,1-3H3,(H,28,29)/b17-8+,23-14+. The van der Waals surface area contributed by atoms with Crippen LogP contribution in [-0.4, -0.2) is 24.0 Å². The van der Waals surface area contributed by atoms with Crippen molar-refractivity contribution < 1.29 is 9.53 Å². The highest BCUT2D eigenvalue weighted by Crippen LogP contribution is 2.24. The van der Waals surface area contributed by atoms with Gasteiger partial charge in [-0.2, -0.15) is 0 Å². The minimum absolute atomic E-state index is 0.0550. The van der Waals surface area contributed by atoms with Gasteiger partial charge in [-0.15, -0.1) is 0 Å². The van der Waals surface area contributed by atoms with Gasteiger partial charge in [0.2, 0.25) is 5.91 Å². The van der Waals surface area contributed by atoms with E-state index < -0.39 is 0 Å². The van der Waals surface area contributed by atoms with Crippen LogP contribution in [0.2, 0.25) is 0 Å². The number of hydrogen-bond donors (Lipinski definition) is 1. The van der Waals surface area contributed by atoms with Crippen molar-refractivity contribution in [1.82, 2.24) is 10.3 Å². The molecule has 0 aliphatic carbocycles. The number of pyridine rings is 1. The van der Waals surface area contributed by atoms with Gasteiger partial charge in [-0.1, -0.05) is 43.7 Å². The van der Waals surface area contributed by atoms with Crippen molar-refractivity contribution >= 4 is 11.5 Å². The lowest BCUT2D eigenvalue weighted by atomic mass is 9.99. The van der Waals surface area contributed by atoms with E-state index in [1.165, 1.54) is 11.1 Å².